The maximum absolute atomic E-state index is 11.9. The van der Waals surface area contributed by atoms with Crippen LogP contribution in [-0.4, -0.2) is 65.2 Å². The summed E-state index contributed by atoms with van der Waals surface area (Å²) in [6.45, 7) is -1.29. The molecule has 1 aliphatic heterocycles. The maximum Gasteiger partial charge on any atom is 0.401 e. The second-order valence-electron chi connectivity index (χ2n) is 4.13. The number of aliphatic carboxylic acids is 1. The number of carboxylic acid groups (broad SMARTS) is 1. The lowest BCUT2D eigenvalue weighted by Crippen LogP contribution is -2.50. The summed E-state index contributed by atoms with van der Waals surface area (Å²) in [5.41, 5.74) is 0. The Morgan fingerprint density at radius 1 is 1.42 bits per heavy atom. The van der Waals surface area contributed by atoms with Crippen LogP contribution in [0.5, 0.6) is 0 Å². The molecule has 0 aromatic carbocycles. The van der Waals surface area contributed by atoms with Crippen LogP contribution in [0, 0.1) is 0 Å². The molecule has 0 radical (unpaired) electrons. The fraction of sp³-hybridized carbons (Fsp3) is 0.800. The van der Waals surface area contributed by atoms with Crippen LogP contribution >= 0.6 is 11.8 Å². The fourth-order valence-electron chi connectivity index (χ4n) is 1.77. The molecule has 19 heavy (non-hydrogen) atoms. The number of rotatable bonds is 5. The predicted octanol–water partition coefficient (Wildman–Crippen LogP) is 0.557. The van der Waals surface area contributed by atoms with Crippen molar-refractivity contribution in [3.05, 3.63) is 0 Å². The normalized spacial score (nSPS) is 20.4. The molecule has 1 saturated heterocycles. The molecule has 9 heteroatoms. The van der Waals surface area contributed by atoms with Gasteiger partial charge in [0.2, 0.25) is 5.91 Å². The van der Waals surface area contributed by atoms with Gasteiger partial charge in [0.15, 0.2) is 0 Å². The van der Waals surface area contributed by atoms with Crippen LogP contribution in [0.1, 0.15) is 6.42 Å². The number of nitrogens with one attached hydrogen (secondary N) is 1. The van der Waals surface area contributed by atoms with Crippen LogP contribution in [0.3, 0.4) is 0 Å². The first kappa shape index (κ1) is 16.1. The highest BCUT2D eigenvalue weighted by molar-refractivity contribution is 7.99. The molecule has 1 atom stereocenters. The average Bonchev–Trinajstić information content (AvgIpc) is 2.27. The zero-order valence-electron chi connectivity index (χ0n) is 10.1. The highest BCUT2D eigenvalue weighted by atomic mass is 32.2. The van der Waals surface area contributed by atoms with Crippen LogP contribution in [0.25, 0.3) is 0 Å². The van der Waals surface area contributed by atoms with Gasteiger partial charge in [-0.25, -0.2) is 0 Å². The number of nitrogens with zero attached hydrogens (tertiary/aromatic N) is 1. The molecule has 1 rings (SSSR count). The zero-order chi connectivity index (χ0) is 14.5. The number of halogens is 3. The minimum atomic E-state index is -4.36. The lowest BCUT2D eigenvalue weighted by Gasteiger charge is -2.34. The molecule has 0 aliphatic carbocycles. The molecule has 0 aromatic rings. The number of hydrogen-bond acceptors (Lipinski definition) is 4. The van der Waals surface area contributed by atoms with Crippen molar-refractivity contribution in [3.63, 3.8) is 0 Å². The molecule has 1 amide bonds. The Morgan fingerprint density at radius 3 is 2.68 bits per heavy atom. The van der Waals surface area contributed by atoms with E-state index in [9.17, 15) is 22.8 Å². The number of hydrogen-bond donors (Lipinski definition) is 2. The summed E-state index contributed by atoms with van der Waals surface area (Å²) in [6.07, 6.45) is -4.55. The third-order valence-corrected chi connectivity index (χ3v) is 3.65. The minimum Gasteiger partial charge on any atom is -0.481 e. The quantitative estimate of drug-likeness (QED) is 0.776. The predicted molar refractivity (Wildman–Crippen MR) is 64.0 cm³/mol. The van der Waals surface area contributed by atoms with Crippen molar-refractivity contribution in [1.82, 2.24) is 10.2 Å². The average molecular weight is 300 g/mol. The zero-order valence-corrected chi connectivity index (χ0v) is 10.9. The molecule has 110 valence electrons. The van der Waals surface area contributed by atoms with Gasteiger partial charge in [-0.2, -0.15) is 24.9 Å². The second-order valence-corrected chi connectivity index (χ2v) is 5.28. The maximum atomic E-state index is 11.9. The number of alkyl halides is 3. The van der Waals surface area contributed by atoms with Gasteiger partial charge >= 0.3 is 12.1 Å². The van der Waals surface area contributed by atoms with Crippen LogP contribution in [-0.2, 0) is 9.59 Å². The molecule has 1 fully saturated rings. The van der Waals surface area contributed by atoms with E-state index in [1.54, 1.807) is 0 Å². The summed E-state index contributed by atoms with van der Waals surface area (Å²) >= 11 is 1.54. The van der Waals surface area contributed by atoms with E-state index in [1.165, 1.54) is 16.7 Å². The van der Waals surface area contributed by atoms with Crippen LogP contribution < -0.4 is 5.32 Å². The van der Waals surface area contributed by atoms with Gasteiger partial charge in [0.05, 0.1) is 25.6 Å². The standard InChI is InChI=1S/C10H15F3N2O3S/c11-10(12,13)6-14-4-8(16)15-1-2-19-5-7(15)3-9(17)18/h7,14H,1-6H2,(H,17,18). The summed E-state index contributed by atoms with van der Waals surface area (Å²) in [5.74, 6) is -0.345. The van der Waals surface area contributed by atoms with E-state index in [1.807, 2.05) is 5.32 Å². The second kappa shape index (κ2) is 6.99. The van der Waals surface area contributed by atoms with Gasteiger partial charge in [-0.05, 0) is 0 Å². The van der Waals surface area contributed by atoms with E-state index in [4.69, 9.17) is 5.11 Å². The SMILES string of the molecule is O=C(O)CC1CSCCN1C(=O)CNCC(F)(F)F. The van der Waals surface area contributed by atoms with Gasteiger partial charge in [-0.3, -0.25) is 9.59 Å². The first-order valence-electron chi connectivity index (χ1n) is 5.66. The van der Waals surface area contributed by atoms with Crippen molar-refractivity contribution in [1.29, 1.82) is 0 Å². The number of amides is 1. The molecule has 0 bridgehead atoms. The first-order chi connectivity index (χ1) is 8.79. The monoisotopic (exact) mass is 300 g/mol. The van der Waals surface area contributed by atoms with Gasteiger partial charge in [0, 0.05) is 18.1 Å². The largest absolute Gasteiger partial charge is 0.481 e. The van der Waals surface area contributed by atoms with Crippen LogP contribution in [0.15, 0.2) is 0 Å². The van der Waals surface area contributed by atoms with E-state index in [-0.39, 0.29) is 6.42 Å². The van der Waals surface area contributed by atoms with Gasteiger partial charge in [0.1, 0.15) is 0 Å². The van der Waals surface area contributed by atoms with Crippen molar-refractivity contribution in [2.75, 3.05) is 31.1 Å². The van der Waals surface area contributed by atoms with Gasteiger partial charge in [0.25, 0.3) is 0 Å². The minimum absolute atomic E-state index is 0.183. The molecule has 5 nitrogen and oxygen atoms in total. The third kappa shape index (κ3) is 6.15. The summed E-state index contributed by atoms with van der Waals surface area (Å²) in [6, 6.07) is -0.448. The van der Waals surface area contributed by atoms with Gasteiger partial charge in [-0.15, -0.1) is 0 Å². The smallest absolute Gasteiger partial charge is 0.401 e. The Hall–Kier alpha value is -0.960. The number of carbonyl (C=O) groups excluding carboxylic acids is 1. The van der Waals surface area contributed by atoms with Crippen molar-refractivity contribution in [2.24, 2.45) is 0 Å². The Bertz CT molecular complexity index is 338. The highest BCUT2D eigenvalue weighted by Gasteiger charge is 2.30. The van der Waals surface area contributed by atoms with E-state index < -0.39 is 37.2 Å². The molecule has 0 saturated carbocycles. The Morgan fingerprint density at radius 2 is 2.11 bits per heavy atom. The molecule has 2 N–H and O–H groups in total. The molecule has 0 spiro atoms. The van der Waals surface area contributed by atoms with Crippen LogP contribution in [0.4, 0.5) is 13.2 Å². The van der Waals surface area contributed by atoms with Crippen molar-refractivity contribution in [3.8, 4) is 0 Å². The number of carboxylic acids is 1. The van der Waals surface area contributed by atoms with Gasteiger partial charge in [-0.1, -0.05) is 0 Å². The molecule has 1 unspecified atom stereocenters. The lowest BCUT2D eigenvalue weighted by atomic mass is 10.2. The van der Waals surface area contributed by atoms with Crippen molar-refractivity contribution < 1.29 is 27.9 Å². The summed E-state index contributed by atoms with van der Waals surface area (Å²) in [4.78, 5) is 23.8. The van der Waals surface area contributed by atoms with Crippen molar-refractivity contribution in [2.45, 2.75) is 18.6 Å². The Labute approximate surface area is 112 Å². The third-order valence-electron chi connectivity index (χ3n) is 2.56. The molecular weight excluding hydrogens is 285 g/mol. The molecule has 1 aliphatic rings. The van der Waals surface area contributed by atoms with E-state index >= 15 is 0 Å². The van der Waals surface area contributed by atoms with E-state index in [0.29, 0.717) is 18.1 Å². The Kier molecular flexibility index (Phi) is 5.92. The Balaban J connectivity index is 2.45. The highest BCUT2D eigenvalue weighted by Crippen LogP contribution is 2.19. The fourth-order valence-corrected chi connectivity index (χ4v) is 2.83. The van der Waals surface area contributed by atoms with E-state index in [0.717, 1.165) is 0 Å². The molecule has 0 aromatic heterocycles. The van der Waals surface area contributed by atoms with Gasteiger partial charge < -0.3 is 15.3 Å². The summed E-state index contributed by atoms with van der Waals surface area (Å²) in [5, 5.41) is 10.8. The first-order valence-corrected chi connectivity index (χ1v) is 6.81. The molecule has 1 heterocycles. The summed E-state index contributed by atoms with van der Waals surface area (Å²) < 4.78 is 35.8. The number of thioether (sulfide) groups is 1. The number of carbonyl (C=O) groups is 2. The van der Waals surface area contributed by atoms with Crippen LogP contribution in [0.2, 0.25) is 0 Å². The molecular formula is C10H15F3N2O3S. The lowest BCUT2D eigenvalue weighted by molar-refractivity contribution is -0.140. The topological polar surface area (TPSA) is 69.6 Å². The van der Waals surface area contributed by atoms with Crippen molar-refractivity contribution >= 4 is 23.6 Å². The summed E-state index contributed by atoms with van der Waals surface area (Å²) in [7, 11) is 0. The van der Waals surface area contributed by atoms with E-state index in [2.05, 4.69) is 0 Å².